The molecule has 32 heavy (non-hydrogen) atoms. The largest absolute Gasteiger partial charge is 0.322 e. The topological polar surface area (TPSA) is 113 Å². The fourth-order valence-electron chi connectivity index (χ4n) is 2.66. The number of benzene rings is 3. The molecule has 3 aromatic rings. The molecule has 0 spiro atoms. The molecule has 3 rings (SSSR count). The number of nitrogens with one attached hydrogen (secondary N) is 2. The summed E-state index contributed by atoms with van der Waals surface area (Å²) in [5.41, 5.74) is 0.856. The summed E-state index contributed by atoms with van der Waals surface area (Å²) in [5.74, 6) is -0.532. The highest BCUT2D eigenvalue weighted by atomic mass is 35.5. The third kappa shape index (κ3) is 5.46. The van der Waals surface area contributed by atoms with E-state index >= 15 is 0 Å². The zero-order valence-corrected chi connectivity index (χ0v) is 19.5. The summed E-state index contributed by atoms with van der Waals surface area (Å²) >= 11 is 5.80. The van der Waals surface area contributed by atoms with Gasteiger partial charge >= 0.3 is 0 Å². The van der Waals surface area contributed by atoms with Crippen molar-refractivity contribution in [2.45, 2.75) is 9.79 Å². The Morgan fingerprint density at radius 2 is 1.41 bits per heavy atom. The highest BCUT2D eigenvalue weighted by molar-refractivity contribution is 7.92. The van der Waals surface area contributed by atoms with Crippen LogP contribution in [0.2, 0.25) is 5.02 Å². The van der Waals surface area contributed by atoms with Crippen LogP contribution in [0.3, 0.4) is 0 Å². The first-order chi connectivity index (χ1) is 15.0. The summed E-state index contributed by atoms with van der Waals surface area (Å²) in [5, 5.41) is 3.11. The van der Waals surface area contributed by atoms with Crippen LogP contribution in [-0.4, -0.2) is 41.1 Å². The number of sulfonamides is 2. The molecule has 0 bridgehead atoms. The Bertz CT molecular complexity index is 1340. The predicted octanol–water partition coefficient (Wildman–Crippen LogP) is 3.64. The smallest absolute Gasteiger partial charge is 0.261 e. The van der Waals surface area contributed by atoms with E-state index in [2.05, 4.69) is 10.0 Å². The molecule has 0 radical (unpaired) electrons. The van der Waals surface area contributed by atoms with Crippen LogP contribution < -0.4 is 10.0 Å². The number of halogens is 1. The molecular weight excluding hydrogens is 474 g/mol. The van der Waals surface area contributed by atoms with Gasteiger partial charge in [-0.1, -0.05) is 17.7 Å². The van der Waals surface area contributed by atoms with Crippen LogP contribution in [0.5, 0.6) is 0 Å². The summed E-state index contributed by atoms with van der Waals surface area (Å²) in [6.45, 7) is 0. The minimum Gasteiger partial charge on any atom is -0.322 e. The maximum Gasteiger partial charge on any atom is 0.261 e. The van der Waals surface area contributed by atoms with Crippen molar-refractivity contribution in [3.63, 3.8) is 0 Å². The van der Waals surface area contributed by atoms with E-state index in [1.165, 1.54) is 62.6 Å². The van der Waals surface area contributed by atoms with Crippen molar-refractivity contribution in [1.29, 1.82) is 0 Å². The van der Waals surface area contributed by atoms with Gasteiger partial charge in [0, 0.05) is 36.1 Å². The minimum absolute atomic E-state index is 0.00419. The van der Waals surface area contributed by atoms with Gasteiger partial charge < -0.3 is 5.32 Å². The van der Waals surface area contributed by atoms with Gasteiger partial charge in [-0.05, 0) is 66.7 Å². The first-order valence-corrected chi connectivity index (χ1v) is 12.5. The lowest BCUT2D eigenvalue weighted by atomic mass is 10.2. The fraction of sp³-hybridized carbons (Fsp3) is 0.0952. The quantitative estimate of drug-likeness (QED) is 0.521. The normalized spacial score (nSPS) is 11.9. The summed E-state index contributed by atoms with van der Waals surface area (Å²) in [6.07, 6.45) is 0. The number of carbonyl (C=O) groups excluding carboxylic acids is 1. The third-order valence-electron chi connectivity index (χ3n) is 4.39. The molecular formula is C21H20ClN3O5S2. The summed E-state index contributed by atoms with van der Waals surface area (Å²) in [6, 6.07) is 17.4. The molecule has 0 saturated carbocycles. The predicted molar refractivity (Wildman–Crippen MR) is 124 cm³/mol. The lowest BCUT2D eigenvalue weighted by molar-refractivity contribution is 0.102. The highest BCUT2D eigenvalue weighted by Crippen LogP contribution is 2.21. The molecule has 0 saturated heterocycles. The molecule has 11 heteroatoms. The third-order valence-corrected chi connectivity index (χ3v) is 7.85. The summed E-state index contributed by atoms with van der Waals surface area (Å²) < 4.78 is 53.1. The standard InChI is InChI=1S/C21H20ClN3O5S2/c1-25(2)32(29,30)20-5-3-4-15(14-20)21(26)23-17-10-12-19(13-11-17)31(27,28)24-18-8-6-16(22)7-9-18/h3-14,24H,1-2H3,(H,23,26). The number of hydrogen-bond donors (Lipinski definition) is 2. The Balaban J connectivity index is 1.74. The molecule has 0 aliphatic carbocycles. The first-order valence-electron chi connectivity index (χ1n) is 9.21. The second-order valence-electron chi connectivity index (χ2n) is 6.91. The van der Waals surface area contributed by atoms with Gasteiger partial charge in [-0.15, -0.1) is 0 Å². The van der Waals surface area contributed by atoms with E-state index < -0.39 is 26.0 Å². The Kier molecular flexibility index (Phi) is 6.89. The van der Waals surface area contributed by atoms with E-state index in [4.69, 9.17) is 11.6 Å². The molecule has 0 unspecified atom stereocenters. The molecule has 0 atom stereocenters. The van der Waals surface area contributed by atoms with Crippen molar-refractivity contribution in [2.24, 2.45) is 0 Å². The molecule has 0 heterocycles. The van der Waals surface area contributed by atoms with E-state index in [9.17, 15) is 21.6 Å². The van der Waals surface area contributed by atoms with Gasteiger partial charge in [-0.3, -0.25) is 9.52 Å². The molecule has 0 fully saturated rings. The van der Waals surface area contributed by atoms with Gasteiger partial charge in [0.25, 0.3) is 15.9 Å². The second-order valence-corrected chi connectivity index (χ2v) is 11.2. The molecule has 168 valence electrons. The number of amides is 1. The van der Waals surface area contributed by atoms with E-state index in [0.717, 1.165) is 4.31 Å². The van der Waals surface area contributed by atoms with Crippen LogP contribution in [-0.2, 0) is 20.0 Å². The van der Waals surface area contributed by atoms with Gasteiger partial charge in [0.1, 0.15) is 0 Å². The second kappa shape index (κ2) is 9.29. The Labute approximate surface area is 191 Å². The molecule has 0 aliphatic rings. The van der Waals surface area contributed by atoms with Crippen molar-refractivity contribution >= 4 is 48.9 Å². The zero-order chi connectivity index (χ0) is 23.5. The maximum atomic E-state index is 12.6. The molecule has 1 amide bonds. The van der Waals surface area contributed by atoms with Gasteiger partial charge in [-0.2, -0.15) is 0 Å². The summed E-state index contributed by atoms with van der Waals surface area (Å²) in [7, 11) is -4.71. The molecule has 8 nitrogen and oxygen atoms in total. The van der Waals surface area contributed by atoms with Crippen LogP contribution >= 0.6 is 11.6 Å². The maximum absolute atomic E-state index is 12.6. The molecule has 3 aromatic carbocycles. The SMILES string of the molecule is CN(C)S(=O)(=O)c1cccc(C(=O)Nc2ccc(S(=O)(=O)Nc3ccc(Cl)cc3)cc2)c1. The van der Waals surface area contributed by atoms with E-state index in [1.807, 2.05) is 0 Å². The monoisotopic (exact) mass is 493 g/mol. The van der Waals surface area contributed by atoms with E-state index in [1.54, 1.807) is 24.3 Å². The number of nitrogens with zero attached hydrogens (tertiary/aromatic N) is 1. The number of hydrogen-bond acceptors (Lipinski definition) is 5. The van der Waals surface area contributed by atoms with Gasteiger partial charge in [0.2, 0.25) is 10.0 Å². The fourth-order valence-corrected chi connectivity index (χ4v) is 4.79. The van der Waals surface area contributed by atoms with Crippen LogP contribution in [0.25, 0.3) is 0 Å². The van der Waals surface area contributed by atoms with Crippen LogP contribution in [0.4, 0.5) is 11.4 Å². The lowest BCUT2D eigenvalue weighted by Crippen LogP contribution is -2.22. The average molecular weight is 494 g/mol. The van der Waals surface area contributed by atoms with Crippen molar-refractivity contribution in [2.75, 3.05) is 24.1 Å². The highest BCUT2D eigenvalue weighted by Gasteiger charge is 2.19. The number of rotatable bonds is 7. The van der Waals surface area contributed by atoms with Crippen LogP contribution in [0, 0.1) is 0 Å². The zero-order valence-electron chi connectivity index (χ0n) is 17.1. The van der Waals surface area contributed by atoms with Crippen LogP contribution in [0.1, 0.15) is 10.4 Å². The Morgan fingerprint density at radius 1 is 0.812 bits per heavy atom. The van der Waals surface area contributed by atoms with Crippen molar-refractivity contribution in [1.82, 2.24) is 4.31 Å². The average Bonchev–Trinajstić information content (AvgIpc) is 2.75. The van der Waals surface area contributed by atoms with Gasteiger partial charge in [0.15, 0.2) is 0 Å². The van der Waals surface area contributed by atoms with Crippen LogP contribution in [0.15, 0.2) is 82.6 Å². The van der Waals surface area contributed by atoms with Gasteiger partial charge in [0.05, 0.1) is 9.79 Å². The Hall–Kier alpha value is -2.92. The van der Waals surface area contributed by atoms with Crippen molar-refractivity contribution in [3.8, 4) is 0 Å². The van der Waals surface area contributed by atoms with E-state index in [0.29, 0.717) is 16.4 Å². The molecule has 0 aliphatic heterocycles. The van der Waals surface area contributed by atoms with Crippen molar-refractivity contribution < 1.29 is 21.6 Å². The minimum atomic E-state index is -3.83. The lowest BCUT2D eigenvalue weighted by Gasteiger charge is -2.12. The summed E-state index contributed by atoms with van der Waals surface area (Å²) in [4.78, 5) is 12.5. The first kappa shape index (κ1) is 23.7. The molecule has 0 aromatic heterocycles. The van der Waals surface area contributed by atoms with E-state index in [-0.39, 0.29) is 15.4 Å². The number of carbonyl (C=O) groups is 1. The number of anilines is 2. The van der Waals surface area contributed by atoms with Gasteiger partial charge in [-0.25, -0.2) is 21.1 Å². The molecule has 2 N–H and O–H groups in total. The Morgan fingerprint density at radius 3 is 2.00 bits per heavy atom. The van der Waals surface area contributed by atoms with Crippen molar-refractivity contribution in [3.05, 3.63) is 83.4 Å².